The van der Waals surface area contributed by atoms with Gasteiger partial charge in [0.1, 0.15) is 4.83 Å². The van der Waals surface area contributed by atoms with Gasteiger partial charge in [0.25, 0.3) is 0 Å². The number of hydrogen-bond donors (Lipinski definition) is 0. The summed E-state index contributed by atoms with van der Waals surface area (Å²) in [5, 5.41) is 9.08. The molecule has 46 valence electrons. The van der Waals surface area contributed by atoms with Crippen LogP contribution in [0, 0.1) is 11.3 Å². The Morgan fingerprint density at radius 3 is 2.12 bits per heavy atom. The molecule has 0 saturated heterocycles. The predicted molar refractivity (Wildman–Crippen MR) is 44.8 cm³/mol. The molecular weight excluding hydrogens is 302 g/mol. The monoisotopic (exact) mass is 303 g/mol. The molecule has 0 aliphatic heterocycles. The van der Waals surface area contributed by atoms with Crippen molar-refractivity contribution in [2.24, 2.45) is 0 Å². The second-order valence-electron chi connectivity index (χ2n) is 1.20. The Kier molecular flexibility index (Phi) is 5.33. The molecule has 0 aromatic heterocycles. The van der Waals surface area contributed by atoms with Gasteiger partial charge < -0.3 is 0 Å². The van der Waals surface area contributed by atoms with Gasteiger partial charge in [-0.2, -0.15) is 5.26 Å². The highest BCUT2D eigenvalue weighted by Gasteiger charge is 2.11. The van der Waals surface area contributed by atoms with Gasteiger partial charge in [-0.15, -0.1) is 0 Å². The highest BCUT2D eigenvalue weighted by atomic mass is 79.9. The Hall–Kier alpha value is 0.930. The van der Waals surface area contributed by atoms with Crippen molar-refractivity contribution in [3.8, 4) is 6.07 Å². The second-order valence-corrected chi connectivity index (χ2v) is 4.01. The highest BCUT2D eigenvalue weighted by molar-refractivity contribution is 9.13. The molecule has 0 aliphatic carbocycles. The third-order valence-corrected chi connectivity index (χ3v) is 4.56. The Labute approximate surface area is 73.8 Å². The van der Waals surface area contributed by atoms with E-state index < -0.39 is 0 Å². The van der Waals surface area contributed by atoms with Crippen molar-refractivity contribution in [3.63, 3.8) is 0 Å². The average Bonchev–Trinajstić information content (AvgIpc) is 1.84. The molecule has 0 bridgehead atoms. The molecule has 0 rings (SSSR count). The summed E-state index contributed by atoms with van der Waals surface area (Å²) in [5.74, 6) is 0. The van der Waals surface area contributed by atoms with E-state index in [-0.39, 0.29) is 9.65 Å². The minimum absolute atomic E-state index is 0.0955. The largest absolute Gasteiger partial charge is 0.197 e. The van der Waals surface area contributed by atoms with Crippen LogP contribution in [0.2, 0.25) is 0 Å². The first-order valence-electron chi connectivity index (χ1n) is 1.96. The van der Waals surface area contributed by atoms with E-state index in [1.54, 1.807) is 0 Å². The van der Waals surface area contributed by atoms with Crippen LogP contribution >= 0.6 is 47.8 Å². The van der Waals surface area contributed by atoms with Crippen LogP contribution in [-0.4, -0.2) is 15.0 Å². The van der Waals surface area contributed by atoms with E-state index in [0.717, 1.165) is 5.33 Å². The summed E-state index contributed by atoms with van der Waals surface area (Å²) in [6.45, 7) is 0. The SMILES string of the molecule is N#C[C@H](Br)[C@H](Br)CBr. The fraction of sp³-hybridized carbons (Fsp3) is 0.750. The Morgan fingerprint density at radius 1 is 1.50 bits per heavy atom. The molecule has 0 aromatic carbocycles. The van der Waals surface area contributed by atoms with Crippen LogP contribution in [-0.2, 0) is 0 Å². The van der Waals surface area contributed by atoms with Crippen LogP contribution in [0.4, 0.5) is 0 Å². The standard InChI is InChI=1S/C4H4Br3N/c5-1-3(6)4(7)2-8/h3-4H,1H2/t3-,4+/m1/s1. The Morgan fingerprint density at radius 2 is 2.00 bits per heavy atom. The van der Waals surface area contributed by atoms with Gasteiger partial charge in [0.05, 0.1) is 6.07 Å². The van der Waals surface area contributed by atoms with Crippen LogP contribution in [0.1, 0.15) is 0 Å². The zero-order chi connectivity index (χ0) is 6.57. The topological polar surface area (TPSA) is 23.8 Å². The third-order valence-electron chi connectivity index (χ3n) is 0.588. The van der Waals surface area contributed by atoms with Crippen molar-refractivity contribution in [1.29, 1.82) is 5.26 Å². The lowest BCUT2D eigenvalue weighted by molar-refractivity contribution is 1.06. The second kappa shape index (κ2) is 4.78. The van der Waals surface area contributed by atoms with Gasteiger partial charge in [-0.3, -0.25) is 0 Å². The smallest absolute Gasteiger partial charge is 0.115 e. The van der Waals surface area contributed by atoms with Gasteiger partial charge in [0.15, 0.2) is 0 Å². The minimum atomic E-state index is -0.0955. The molecule has 1 nitrogen and oxygen atoms in total. The van der Waals surface area contributed by atoms with Gasteiger partial charge in [0, 0.05) is 10.2 Å². The number of alkyl halides is 3. The normalized spacial score (nSPS) is 16.8. The molecule has 0 heterocycles. The van der Waals surface area contributed by atoms with Crippen molar-refractivity contribution in [2.45, 2.75) is 9.65 Å². The van der Waals surface area contributed by atoms with Gasteiger partial charge >= 0.3 is 0 Å². The van der Waals surface area contributed by atoms with Crippen LogP contribution in [0.5, 0.6) is 0 Å². The molecule has 0 unspecified atom stereocenters. The third kappa shape index (κ3) is 3.06. The molecule has 0 N–H and O–H groups in total. The van der Waals surface area contributed by atoms with Gasteiger partial charge in [0.2, 0.25) is 0 Å². The molecule has 0 saturated carbocycles. The molecule has 0 fully saturated rings. The summed E-state index contributed by atoms with van der Waals surface area (Å²) in [4.78, 5) is 0.106. The van der Waals surface area contributed by atoms with E-state index in [0.29, 0.717) is 0 Å². The zero-order valence-electron chi connectivity index (χ0n) is 3.94. The van der Waals surface area contributed by atoms with Crippen LogP contribution in [0.25, 0.3) is 0 Å². The van der Waals surface area contributed by atoms with Crippen molar-refractivity contribution < 1.29 is 0 Å². The maximum atomic E-state index is 8.29. The fourth-order valence-corrected chi connectivity index (χ4v) is 1.34. The molecule has 0 amide bonds. The molecule has 0 radical (unpaired) electrons. The lowest BCUT2D eigenvalue weighted by Gasteiger charge is -2.02. The summed E-state index contributed by atoms with van der Waals surface area (Å²) >= 11 is 9.68. The Balaban J connectivity index is 3.49. The van der Waals surface area contributed by atoms with Crippen molar-refractivity contribution in [3.05, 3.63) is 0 Å². The molecule has 4 heteroatoms. The van der Waals surface area contributed by atoms with Crippen LogP contribution in [0.3, 0.4) is 0 Å². The molecule has 0 aromatic rings. The Bertz CT molecular complexity index is 97.9. The van der Waals surface area contributed by atoms with Crippen LogP contribution < -0.4 is 0 Å². The van der Waals surface area contributed by atoms with E-state index in [1.807, 2.05) is 0 Å². The summed E-state index contributed by atoms with van der Waals surface area (Å²) in [7, 11) is 0. The van der Waals surface area contributed by atoms with E-state index in [1.165, 1.54) is 0 Å². The van der Waals surface area contributed by atoms with Gasteiger partial charge in [-0.25, -0.2) is 0 Å². The zero-order valence-corrected chi connectivity index (χ0v) is 8.70. The molecular formula is C4H4Br3N. The quantitative estimate of drug-likeness (QED) is 0.719. The molecule has 0 spiro atoms. The highest BCUT2D eigenvalue weighted by Crippen LogP contribution is 2.14. The molecule has 8 heavy (non-hydrogen) atoms. The lowest BCUT2D eigenvalue weighted by atomic mass is 10.4. The number of hydrogen-bond acceptors (Lipinski definition) is 1. The average molecular weight is 306 g/mol. The van der Waals surface area contributed by atoms with Crippen LogP contribution in [0.15, 0.2) is 0 Å². The minimum Gasteiger partial charge on any atom is -0.197 e. The number of nitriles is 1. The lowest BCUT2D eigenvalue weighted by Crippen LogP contribution is -2.12. The van der Waals surface area contributed by atoms with Gasteiger partial charge in [-0.05, 0) is 0 Å². The maximum Gasteiger partial charge on any atom is 0.115 e. The van der Waals surface area contributed by atoms with Gasteiger partial charge in [-0.1, -0.05) is 47.8 Å². The van der Waals surface area contributed by atoms with E-state index >= 15 is 0 Å². The van der Waals surface area contributed by atoms with Crippen molar-refractivity contribution >= 4 is 47.8 Å². The maximum absolute atomic E-state index is 8.29. The summed E-state index contributed by atoms with van der Waals surface area (Å²) in [5.41, 5.74) is 0. The summed E-state index contributed by atoms with van der Waals surface area (Å²) in [6, 6.07) is 2.06. The van der Waals surface area contributed by atoms with E-state index in [9.17, 15) is 0 Å². The van der Waals surface area contributed by atoms with Crippen molar-refractivity contribution in [2.75, 3.05) is 5.33 Å². The first-order valence-corrected chi connectivity index (χ1v) is 4.91. The van der Waals surface area contributed by atoms with E-state index in [2.05, 4.69) is 53.9 Å². The first kappa shape index (κ1) is 8.93. The summed E-state index contributed by atoms with van der Waals surface area (Å²) in [6.07, 6.45) is 0. The van der Waals surface area contributed by atoms with E-state index in [4.69, 9.17) is 5.26 Å². The fourth-order valence-electron chi connectivity index (χ4n) is 0.159. The van der Waals surface area contributed by atoms with Crippen molar-refractivity contribution in [1.82, 2.24) is 0 Å². The number of halogens is 3. The first-order chi connectivity index (χ1) is 3.72. The predicted octanol–water partition coefficient (Wildman–Crippen LogP) is 2.43. The molecule has 0 aliphatic rings. The summed E-state index contributed by atoms with van der Waals surface area (Å²) < 4.78 is 0. The number of rotatable bonds is 2. The molecule has 2 atom stereocenters. The number of nitrogens with zero attached hydrogens (tertiary/aromatic N) is 1.